The molecule has 2 N–H and O–H groups in total. The molecule has 2 aromatic rings. The molecule has 0 bridgehead atoms. The number of rotatable bonds is 4. The SMILES string of the molecule is CC(C)(C)Nc1ccc2c(ccn2C2CCN(CCO)CC2)c1. The van der Waals surface area contributed by atoms with Crippen LogP contribution in [0.5, 0.6) is 0 Å². The van der Waals surface area contributed by atoms with Crippen LogP contribution in [0.15, 0.2) is 30.5 Å². The largest absolute Gasteiger partial charge is 0.395 e. The number of anilines is 1. The number of aliphatic hydroxyl groups is 1. The van der Waals surface area contributed by atoms with Gasteiger partial charge in [0, 0.05) is 54.0 Å². The van der Waals surface area contributed by atoms with E-state index in [9.17, 15) is 0 Å². The first-order valence-electron chi connectivity index (χ1n) is 8.68. The molecular weight excluding hydrogens is 286 g/mol. The number of β-amino-alcohol motifs (C(OH)–C–C–N with tert-alkyl or cyclic N) is 1. The Morgan fingerprint density at radius 2 is 1.91 bits per heavy atom. The number of likely N-dealkylation sites (tertiary alicyclic amines) is 1. The maximum atomic E-state index is 9.06. The summed E-state index contributed by atoms with van der Waals surface area (Å²) in [4.78, 5) is 2.35. The van der Waals surface area contributed by atoms with Gasteiger partial charge < -0.3 is 19.9 Å². The molecule has 2 heterocycles. The highest BCUT2D eigenvalue weighted by molar-refractivity contribution is 5.84. The topological polar surface area (TPSA) is 40.4 Å². The van der Waals surface area contributed by atoms with E-state index in [0.29, 0.717) is 6.04 Å². The molecule has 0 spiro atoms. The average Bonchev–Trinajstić information content (AvgIpc) is 2.90. The van der Waals surface area contributed by atoms with Gasteiger partial charge in [-0.1, -0.05) is 0 Å². The van der Waals surface area contributed by atoms with E-state index in [-0.39, 0.29) is 12.1 Å². The first-order valence-corrected chi connectivity index (χ1v) is 8.68. The van der Waals surface area contributed by atoms with Crippen molar-refractivity contribution >= 4 is 16.6 Å². The lowest BCUT2D eigenvalue weighted by molar-refractivity contribution is 0.151. The molecule has 0 radical (unpaired) electrons. The zero-order chi connectivity index (χ0) is 16.4. The second-order valence-corrected chi connectivity index (χ2v) is 7.67. The van der Waals surface area contributed by atoms with Gasteiger partial charge in [-0.15, -0.1) is 0 Å². The molecule has 0 amide bonds. The molecule has 1 aromatic heterocycles. The molecule has 1 aliphatic rings. The van der Waals surface area contributed by atoms with Crippen LogP contribution in [0.25, 0.3) is 10.9 Å². The van der Waals surface area contributed by atoms with Crippen LogP contribution in [-0.2, 0) is 0 Å². The summed E-state index contributed by atoms with van der Waals surface area (Å²) < 4.78 is 2.44. The third kappa shape index (κ3) is 3.88. The van der Waals surface area contributed by atoms with Gasteiger partial charge in [0.25, 0.3) is 0 Å². The van der Waals surface area contributed by atoms with Crippen LogP contribution in [0.3, 0.4) is 0 Å². The van der Waals surface area contributed by atoms with E-state index in [0.717, 1.165) is 32.5 Å². The van der Waals surface area contributed by atoms with Crippen LogP contribution < -0.4 is 5.32 Å². The third-order valence-corrected chi connectivity index (χ3v) is 4.61. The van der Waals surface area contributed by atoms with Crippen LogP contribution in [-0.4, -0.2) is 46.4 Å². The molecule has 1 aromatic carbocycles. The monoisotopic (exact) mass is 315 g/mol. The Kier molecular flexibility index (Phi) is 4.64. The van der Waals surface area contributed by atoms with Gasteiger partial charge in [-0.2, -0.15) is 0 Å². The molecule has 0 aliphatic carbocycles. The predicted octanol–water partition coefficient (Wildman–Crippen LogP) is 3.48. The highest BCUT2D eigenvalue weighted by Gasteiger charge is 2.21. The van der Waals surface area contributed by atoms with Gasteiger partial charge in [-0.3, -0.25) is 0 Å². The lowest BCUT2D eigenvalue weighted by Gasteiger charge is -2.32. The van der Waals surface area contributed by atoms with Crippen LogP contribution in [0.1, 0.15) is 39.7 Å². The second-order valence-electron chi connectivity index (χ2n) is 7.67. The van der Waals surface area contributed by atoms with Crippen molar-refractivity contribution < 1.29 is 5.11 Å². The van der Waals surface area contributed by atoms with Gasteiger partial charge >= 0.3 is 0 Å². The van der Waals surface area contributed by atoms with Gasteiger partial charge in [-0.05, 0) is 57.9 Å². The lowest BCUT2D eigenvalue weighted by atomic mass is 10.0. The maximum absolute atomic E-state index is 9.06. The van der Waals surface area contributed by atoms with E-state index in [1.807, 2.05) is 0 Å². The summed E-state index contributed by atoms with van der Waals surface area (Å²) in [5.74, 6) is 0. The van der Waals surface area contributed by atoms with Gasteiger partial charge in [0.05, 0.1) is 6.61 Å². The number of hydrogen-bond acceptors (Lipinski definition) is 3. The Hall–Kier alpha value is -1.52. The number of nitrogens with zero attached hydrogens (tertiary/aromatic N) is 2. The molecule has 1 aliphatic heterocycles. The van der Waals surface area contributed by atoms with Crippen molar-refractivity contribution in [3.05, 3.63) is 30.5 Å². The standard InChI is InChI=1S/C19H29N3O/c1-19(2,3)20-16-4-5-18-15(14-16)6-11-22(18)17-7-9-21(10-8-17)12-13-23/h4-6,11,14,17,20,23H,7-10,12-13H2,1-3H3. The quantitative estimate of drug-likeness (QED) is 0.907. The van der Waals surface area contributed by atoms with Crippen molar-refractivity contribution in [1.29, 1.82) is 0 Å². The molecule has 0 atom stereocenters. The number of benzene rings is 1. The van der Waals surface area contributed by atoms with E-state index in [2.05, 4.69) is 66.0 Å². The first kappa shape index (κ1) is 16.3. The normalized spacial score (nSPS) is 17.7. The van der Waals surface area contributed by atoms with Crippen molar-refractivity contribution in [3.63, 3.8) is 0 Å². The molecule has 0 saturated carbocycles. The van der Waals surface area contributed by atoms with Gasteiger partial charge in [-0.25, -0.2) is 0 Å². The van der Waals surface area contributed by atoms with Crippen LogP contribution in [0.4, 0.5) is 5.69 Å². The van der Waals surface area contributed by atoms with E-state index < -0.39 is 0 Å². The number of hydrogen-bond donors (Lipinski definition) is 2. The molecule has 3 rings (SSSR count). The Morgan fingerprint density at radius 1 is 1.17 bits per heavy atom. The van der Waals surface area contributed by atoms with Crippen LogP contribution in [0.2, 0.25) is 0 Å². The van der Waals surface area contributed by atoms with Crippen LogP contribution in [0, 0.1) is 0 Å². The fourth-order valence-corrected chi connectivity index (χ4v) is 3.56. The molecular formula is C19H29N3O. The summed E-state index contributed by atoms with van der Waals surface area (Å²) in [7, 11) is 0. The van der Waals surface area contributed by atoms with Gasteiger partial charge in [0.2, 0.25) is 0 Å². The van der Waals surface area contributed by atoms with E-state index in [4.69, 9.17) is 5.11 Å². The molecule has 126 valence electrons. The highest BCUT2D eigenvalue weighted by Crippen LogP contribution is 2.29. The van der Waals surface area contributed by atoms with E-state index in [1.165, 1.54) is 16.6 Å². The Balaban J connectivity index is 1.75. The summed E-state index contributed by atoms with van der Waals surface area (Å²) in [6, 6.07) is 9.47. The minimum atomic E-state index is 0.0791. The van der Waals surface area contributed by atoms with Crippen molar-refractivity contribution in [2.75, 3.05) is 31.6 Å². The minimum Gasteiger partial charge on any atom is -0.395 e. The molecule has 4 heteroatoms. The van der Waals surface area contributed by atoms with Crippen molar-refractivity contribution in [2.24, 2.45) is 0 Å². The van der Waals surface area contributed by atoms with Crippen molar-refractivity contribution in [3.8, 4) is 0 Å². The first-order chi connectivity index (χ1) is 11.0. The fraction of sp³-hybridized carbons (Fsp3) is 0.579. The zero-order valence-electron chi connectivity index (χ0n) is 14.5. The average molecular weight is 315 g/mol. The van der Waals surface area contributed by atoms with Crippen molar-refractivity contribution in [2.45, 2.75) is 45.2 Å². The van der Waals surface area contributed by atoms with Gasteiger partial charge in [0.15, 0.2) is 0 Å². The minimum absolute atomic E-state index is 0.0791. The maximum Gasteiger partial charge on any atom is 0.0558 e. The zero-order valence-corrected chi connectivity index (χ0v) is 14.5. The van der Waals surface area contributed by atoms with Crippen LogP contribution >= 0.6 is 0 Å². The fourth-order valence-electron chi connectivity index (χ4n) is 3.56. The smallest absolute Gasteiger partial charge is 0.0558 e. The Bertz CT molecular complexity index is 648. The van der Waals surface area contributed by atoms with Gasteiger partial charge in [0.1, 0.15) is 0 Å². The number of aliphatic hydroxyl groups excluding tert-OH is 1. The van der Waals surface area contributed by atoms with E-state index >= 15 is 0 Å². The third-order valence-electron chi connectivity index (χ3n) is 4.61. The predicted molar refractivity (Wildman–Crippen MR) is 97.1 cm³/mol. The second kappa shape index (κ2) is 6.54. The summed E-state index contributed by atoms with van der Waals surface area (Å²) in [5.41, 5.74) is 2.58. The number of piperidine rings is 1. The molecule has 1 fully saturated rings. The summed E-state index contributed by atoms with van der Waals surface area (Å²) in [6.45, 7) is 9.78. The molecule has 1 saturated heterocycles. The summed E-state index contributed by atoms with van der Waals surface area (Å²) in [5, 5.41) is 13.9. The molecule has 23 heavy (non-hydrogen) atoms. The molecule has 0 unspecified atom stereocenters. The Labute approximate surface area is 139 Å². The lowest BCUT2D eigenvalue weighted by Crippen LogP contribution is -2.36. The molecule has 4 nitrogen and oxygen atoms in total. The number of aromatic nitrogens is 1. The number of nitrogens with one attached hydrogen (secondary N) is 1. The Morgan fingerprint density at radius 3 is 2.57 bits per heavy atom. The van der Waals surface area contributed by atoms with E-state index in [1.54, 1.807) is 0 Å². The number of fused-ring (bicyclic) bond motifs is 1. The van der Waals surface area contributed by atoms with Crippen molar-refractivity contribution in [1.82, 2.24) is 9.47 Å². The highest BCUT2D eigenvalue weighted by atomic mass is 16.3. The summed E-state index contributed by atoms with van der Waals surface area (Å²) >= 11 is 0. The summed E-state index contributed by atoms with van der Waals surface area (Å²) in [6.07, 6.45) is 4.55.